The summed E-state index contributed by atoms with van der Waals surface area (Å²) in [5.74, 6) is -0.603. The van der Waals surface area contributed by atoms with Crippen molar-refractivity contribution in [3.05, 3.63) is 6.92 Å². The van der Waals surface area contributed by atoms with Gasteiger partial charge in [-0.05, 0) is 20.8 Å². The molecule has 0 saturated heterocycles. The number of esters is 1. The van der Waals surface area contributed by atoms with Crippen molar-refractivity contribution in [1.82, 2.24) is 5.32 Å². The number of nitrogens with one attached hydrogen (secondary N) is 1. The van der Waals surface area contributed by atoms with Gasteiger partial charge in [0.05, 0.1) is 6.04 Å². The van der Waals surface area contributed by atoms with E-state index in [1.165, 1.54) is 0 Å². The standard InChI is InChI=1S/C11H20NO3.W/c1-6-8(12-9(13)7-2)10(14)15-11(3,4)5;/h8H,1,6-7H2,2-5H3,(H,12,13);/q-1;. The molecule has 0 radical (unpaired) electrons. The van der Waals surface area contributed by atoms with Crippen molar-refractivity contribution < 1.29 is 35.4 Å². The Morgan fingerprint density at radius 1 is 1.38 bits per heavy atom. The number of hydrogen-bond donors (Lipinski definition) is 1. The Morgan fingerprint density at radius 3 is 2.19 bits per heavy atom. The van der Waals surface area contributed by atoms with E-state index in [0.29, 0.717) is 12.8 Å². The molecule has 1 amide bonds. The van der Waals surface area contributed by atoms with Gasteiger partial charge in [0.25, 0.3) is 0 Å². The third-order valence-corrected chi connectivity index (χ3v) is 1.64. The molecule has 0 aromatic carbocycles. The maximum absolute atomic E-state index is 11.6. The maximum Gasteiger partial charge on any atom is 0.326 e. The first-order valence-corrected chi connectivity index (χ1v) is 5.11. The van der Waals surface area contributed by atoms with Crippen LogP contribution in [-0.4, -0.2) is 23.5 Å². The molecule has 1 unspecified atom stereocenters. The number of hydrogen-bond acceptors (Lipinski definition) is 3. The average Bonchev–Trinajstić information content (AvgIpc) is 2.10. The molecule has 0 fully saturated rings. The Hall–Kier alpha value is -0.372. The van der Waals surface area contributed by atoms with Gasteiger partial charge in [-0.3, -0.25) is 4.79 Å². The summed E-state index contributed by atoms with van der Waals surface area (Å²) in [6, 6.07) is -0.642. The van der Waals surface area contributed by atoms with Gasteiger partial charge >= 0.3 is 5.97 Å². The number of carbonyl (C=O) groups is 2. The molecule has 0 bridgehead atoms. The van der Waals surface area contributed by atoms with Crippen LogP contribution in [-0.2, 0) is 35.4 Å². The molecule has 5 heteroatoms. The minimum atomic E-state index is -0.642. The Bertz CT molecular complexity index is 236. The van der Waals surface area contributed by atoms with E-state index < -0.39 is 17.6 Å². The quantitative estimate of drug-likeness (QED) is 0.576. The maximum atomic E-state index is 11.6. The fraction of sp³-hybridized carbons (Fsp3) is 0.727. The summed E-state index contributed by atoms with van der Waals surface area (Å²) < 4.78 is 5.14. The van der Waals surface area contributed by atoms with Crippen molar-refractivity contribution in [3.63, 3.8) is 0 Å². The predicted molar refractivity (Wildman–Crippen MR) is 58.0 cm³/mol. The molecule has 0 aliphatic carbocycles. The molecule has 0 aliphatic rings. The molecule has 0 aliphatic heterocycles. The topological polar surface area (TPSA) is 55.4 Å². The van der Waals surface area contributed by atoms with Crippen molar-refractivity contribution in [2.24, 2.45) is 0 Å². The summed E-state index contributed by atoms with van der Waals surface area (Å²) in [6.45, 7) is 10.7. The van der Waals surface area contributed by atoms with Crippen LogP contribution < -0.4 is 5.32 Å². The van der Waals surface area contributed by atoms with Crippen molar-refractivity contribution in [1.29, 1.82) is 0 Å². The Morgan fingerprint density at radius 2 is 1.88 bits per heavy atom. The zero-order chi connectivity index (χ0) is 12.1. The Kier molecular flexibility index (Phi) is 8.81. The second kappa shape index (κ2) is 7.83. The Balaban J connectivity index is 0. The van der Waals surface area contributed by atoms with E-state index in [0.717, 1.165) is 0 Å². The molecule has 94 valence electrons. The fourth-order valence-corrected chi connectivity index (χ4v) is 0.918. The number of ether oxygens (including phenoxy) is 1. The van der Waals surface area contributed by atoms with Gasteiger partial charge < -0.3 is 17.0 Å². The van der Waals surface area contributed by atoms with E-state index in [4.69, 9.17) is 4.74 Å². The number of amides is 1. The molecule has 0 aromatic heterocycles. The molecule has 0 saturated carbocycles. The monoisotopic (exact) mass is 398 g/mol. The smallest absolute Gasteiger partial charge is 0.326 e. The van der Waals surface area contributed by atoms with Crippen LogP contribution in [0.1, 0.15) is 40.5 Å². The van der Waals surface area contributed by atoms with E-state index >= 15 is 0 Å². The zero-order valence-electron chi connectivity index (χ0n) is 10.3. The first kappa shape index (κ1) is 18.0. The van der Waals surface area contributed by atoms with Crippen molar-refractivity contribution >= 4 is 11.9 Å². The largest absolute Gasteiger partial charge is 0.459 e. The van der Waals surface area contributed by atoms with Gasteiger partial charge in [-0.25, -0.2) is 4.79 Å². The molecule has 4 nitrogen and oxygen atoms in total. The van der Waals surface area contributed by atoms with Crippen LogP contribution >= 0.6 is 0 Å². The Labute approximate surface area is 112 Å². The number of carbonyl (C=O) groups excluding carboxylic acids is 2. The van der Waals surface area contributed by atoms with Crippen molar-refractivity contribution in [3.8, 4) is 0 Å². The molecule has 0 heterocycles. The third kappa shape index (κ3) is 7.86. The average molecular weight is 398 g/mol. The van der Waals surface area contributed by atoms with E-state index in [1.54, 1.807) is 27.7 Å². The van der Waals surface area contributed by atoms with Crippen LogP contribution in [0.25, 0.3) is 0 Å². The van der Waals surface area contributed by atoms with Crippen LogP contribution in [0.4, 0.5) is 0 Å². The summed E-state index contributed by atoms with van der Waals surface area (Å²) in [4.78, 5) is 22.7. The third-order valence-electron chi connectivity index (χ3n) is 1.64. The summed E-state index contributed by atoms with van der Waals surface area (Å²) >= 11 is 0. The second-order valence-electron chi connectivity index (χ2n) is 4.30. The van der Waals surface area contributed by atoms with Gasteiger partial charge in [0.1, 0.15) is 5.60 Å². The van der Waals surface area contributed by atoms with Crippen LogP contribution in [0.3, 0.4) is 0 Å². The van der Waals surface area contributed by atoms with Gasteiger partial charge in [0.2, 0.25) is 5.91 Å². The summed E-state index contributed by atoms with van der Waals surface area (Å²) in [5.41, 5.74) is -0.540. The first-order chi connectivity index (χ1) is 6.80. The predicted octanol–water partition coefficient (Wildman–Crippen LogP) is 1.44. The summed E-state index contributed by atoms with van der Waals surface area (Å²) in [5, 5.41) is 2.56. The van der Waals surface area contributed by atoms with Gasteiger partial charge in [0.15, 0.2) is 0 Å². The molecule has 1 N–H and O–H groups in total. The summed E-state index contributed by atoms with van der Waals surface area (Å²) in [7, 11) is 0. The van der Waals surface area contributed by atoms with Gasteiger partial charge in [-0.2, -0.15) is 6.42 Å². The normalized spacial score (nSPS) is 12.3. The summed E-state index contributed by atoms with van der Waals surface area (Å²) in [6.07, 6.45) is 0.639. The van der Waals surface area contributed by atoms with E-state index in [9.17, 15) is 9.59 Å². The minimum absolute atomic E-state index is 0. The van der Waals surface area contributed by atoms with Crippen LogP contribution in [0, 0.1) is 6.92 Å². The van der Waals surface area contributed by atoms with Crippen LogP contribution in [0.15, 0.2) is 0 Å². The van der Waals surface area contributed by atoms with Crippen molar-refractivity contribution in [2.45, 2.75) is 52.2 Å². The molecule has 1 atom stereocenters. The molecule has 0 spiro atoms. The minimum Gasteiger partial charge on any atom is -0.459 e. The molecule has 16 heavy (non-hydrogen) atoms. The molecular weight excluding hydrogens is 378 g/mol. The SMILES string of the molecule is [CH2-]CC(NC(=O)CC)C(=O)OC(C)(C)C.[W]. The zero-order valence-corrected chi connectivity index (χ0v) is 13.3. The first-order valence-electron chi connectivity index (χ1n) is 5.11. The van der Waals surface area contributed by atoms with Gasteiger partial charge in [-0.1, -0.05) is 6.92 Å². The molecule has 0 aromatic rings. The van der Waals surface area contributed by atoms with E-state index in [1.807, 2.05) is 0 Å². The van der Waals surface area contributed by atoms with Crippen LogP contribution in [0.2, 0.25) is 0 Å². The van der Waals surface area contributed by atoms with Crippen LogP contribution in [0.5, 0.6) is 0 Å². The second-order valence-corrected chi connectivity index (χ2v) is 4.30. The molecule has 0 rings (SSSR count). The van der Waals surface area contributed by atoms with Gasteiger partial charge in [0, 0.05) is 27.5 Å². The van der Waals surface area contributed by atoms with E-state index in [-0.39, 0.29) is 27.0 Å². The fourth-order valence-electron chi connectivity index (χ4n) is 0.918. The molecular formula is C11H20NO3W-. The van der Waals surface area contributed by atoms with E-state index in [2.05, 4.69) is 12.2 Å². The van der Waals surface area contributed by atoms with Crippen molar-refractivity contribution in [2.75, 3.05) is 0 Å². The number of rotatable bonds is 4. The van der Waals surface area contributed by atoms with Gasteiger partial charge in [-0.15, -0.1) is 0 Å².